The van der Waals surface area contributed by atoms with Gasteiger partial charge in [0, 0.05) is 13.2 Å². The summed E-state index contributed by atoms with van der Waals surface area (Å²) in [5.41, 5.74) is 6.21. The average Bonchev–Trinajstić information content (AvgIpc) is 2.36. The van der Waals surface area contributed by atoms with E-state index in [1.165, 1.54) is 0 Å². The van der Waals surface area contributed by atoms with Crippen LogP contribution in [0.25, 0.3) is 0 Å². The van der Waals surface area contributed by atoms with E-state index in [1.807, 2.05) is 19.9 Å². The Hall–Kier alpha value is -1.75. The number of hydrogen-bond acceptors (Lipinski definition) is 4. The second-order valence-corrected chi connectivity index (χ2v) is 3.90. The van der Waals surface area contributed by atoms with Crippen LogP contribution in [-0.4, -0.2) is 31.8 Å². The van der Waals surface area contributed by atoms with E-state index in [-0.39, 0.29) is 18.6 Å². The Balaban J connectivity index is 2.27. The van der Waals surface area contributed by atoms with Crippen molar-refractivity contribution in [1.29, 1.82) is 0 Å². The molecule has 0 bridgehead atoms. The summed E-state index contributed by atoms with van der Waals surface area (Å²) in [6.07, 6.45) is 0.000690. The molecular formula is C13H20N2O3. The second kappa shape index (κ2) is 7.55. The molecule has 0 aromatic heterocycles. The molecule has 3 N–H and O–H groups in total. The van der Waals surface area contributed by atoms with E-state index in [0.717, 1.165) is 0 Å². The zero-order valence-electron chi connectivity index (χ0n) is 10.8. The summed E-state index contributed by atoms with van der Waals surface area (Å²) in [4.78, 5) is 11.5. The van der Waals surface area contributed by atoms with Gasteiger partial charge in [-0.3, -0.25) is 4.79 Å². The van der Waals surface area contributed by atoms with Crippen molar-refractivity contribution in [3.05, 3.63) is 24.3 Å². The third-order valence-corrected chi connectivity index (χ3v) is 2.32. The van der Waals surface area contributed by atoms with Crippen LogP contribution < -0.4 is 15.8 Å². The van der Waals surface area contributed by atoms with Gasteiger partial charge in [0.25, 0.3) is 5.91 Å². The van der Waals surface area contributed by atoms with Gasteiger partial charge in [0.15, 0.2) is 6.61 Å². The van der Waals surface area contributed by atoms with Gasteiger partial charge in [-0.15, -0.1) is 0 Å². The molecule has 0 spiro atoms. The third kappa shape index (κ3) is 5.05. The first-order valence-corrected chi connectivity index (χ1v) is 5.99. The molecule has 5 nitrogen and oxygen atoms in total. The molecule has 0 heterocycles. The topological polar surface area (TPSA) is 73.6 Å². The molecule has 0 aliphatic rings. The maximum atomic E-state index is 11.5. The van der Waals surface area contributed by atoms with E-state index in [1.54, 1.807) is 18.2 Å². The first-order valence-electron chi connectivity index (χ1n) is 5.99. The van der Waals surface area contributed by atoms with E-state index in [9.17, 15) is 4.79 Å². The molecule has 0 radical (unpaired) electrons. The first kappa shape index (κ1) is 14.3. The molecule has 0 saturated heterocycles. The Morgan fingerprint density at radius 3 is 2.83 bits per heavy atom. The van der Waals surface area contributed by atoms with Gasteiger partial charge in [-0.1, -0.05) is 12.1 Å². The normalized spacial score (nSPS) is 11.9. The molecule has 0 fully saturated rings. The van der Waals surface area contributed by atoms with Crippen LogP contribution in [0.2, 0.25) is 0 Å². The van der Waals surface area contributed by atoms with Crippen molar-refractivity contribution in [2.24, 2.45) is 0 Å². The Morgan fingerprint density at radius 1 is 1.44 bits per heavy atom. The minimum absolute atomic E-state index is 0.000690. The lowest BCUT2D eigenvalue weighted by molar-refractivity contribution is -0.123. The number of benzene rings is 1. The van der Waals surface area contributed by atoms with Crippen LogP contribution in [0, 0.1) is 0 Å². The number of nitrogens with one attached hydrogen (secondary N) is 1. The van der Waals surface area contributed by atoms with Crippen molar-refractivity contribution in [2.75, 3.05) is 25.5 Å². The van der Waals surface area contributed by atoms with Crippen molar-refractivity contribution < 1.29 is 14.3 Å². The lowest BCUT2D eigenvalue weighted by Gasteiger charge is -2.13. The van der Waals surface area contributed by atoms with E-state index in [0.29, 0.717) is 24.6 Å². The van der Waals surface area contributed by atoms with Crippen LogP contribution in [0.5, 0.6) is 5.75 Å². The third-order valence-electron chi connectivity index (χ3n) is 2.32. The SMILES string of the molecule is CCOC(C)CNC(=O)COc1ccccc1N. The minimum atomic E-state index is -0.190. The molecule has 5 heteroatoms. The summed E-state index contributed by atoms with van der Waals surface area (Å²) in [7, 11) is 0. The highest BCUT2D eigenvalue weighted by molar-refractivity contribution is 5.77. The van der Waals surface area contributed by atoms with Gasteiger partial charge < -0.3 is 20.5 Å². The highest BCUT2D eigenvalue weighted by Gasteiger charge is 2.06. The maximum Gasteiger partial charge on any atom is 0.258 e. The van der Waals surface area contributed by atoms with Gasteiger partial charge in [-0.25, -0.2) is 0 Å². The molecule has 18 heavy (non-hydrogen) atoms. The summed E-state index contributed by atoms with van der Waals surface area (Å²) >= 11 is 0. The van der Waals surface area contributed by atoms with Gasteiger partial charge in [-0.05, 0) is 26.0 Å². The van der Waals surface area contributed by atoms with E-state index >= 15 is 0 Å². The predicted octanol–water partition coefficient (Wildman–Crippen LogP) is 1.19. The van der Waals surface area contributed by atoms with Gasteiger partial charge in [0.05, 0.1) is 11.8 Å². The molecule has 1 unspecified atom stereocenters. The average molecular weight is 252 g/mol. The highest BCUT2D eigenvalue weighted by Crippen LogP contribution is 2.19. The number of nitrogens with two attached hydrogens (primary N) is 1. The van der Waals surface area contributed by atoms with Gasteiger partial charge in [-0.2, -0.15) is 0 Å². The Kier molecular flexibility index (Phi) is 6.00. The Morgan fingerprint density at radius 2 is 2.17 bits per heavy atom. The van der Waals surface area contributed by atoms with Crippen LogP contribution in [0.15, 0.2) is 24.3 Å². The largest absolute Gasteiger partial charge is 0.482 e. The fourth-order valence-corrected chi connectivity index (χ4v) is 1.41. The monoisotopic (exact) mass is 252 g/mol. The summed E-state index contributed by atoms with van der Waals surface area (Å²) in [5.74, 6) is 0.329. The fraction of sp³-hybridized carbons (Fsp3) is 0.462. The maximum absolute atomic E-state index is 11.5. The molecule has 1 aromatic rings. The molecule has 0 aliphatic carbocycles. The van der Waals surface area contributed by atoms with Crippen LogP contribution in [0.3, 0.4) is 0 Å². The number of carbonyl (C=O) groups excluding carboxylic acids is 1. The zero-order chi connectivity index (χ0) is 13.4. The standard InChI is InChI=1S/C13H20N2O3/c1-3-17-10(2)8-15-13(16)9-18-12-7-5-4-6-11(12)14/h4-7,10H,3,8-9,14H2,1-2H3,(H,15,16). The van der Waals surface area contributed by atoms with E-state index in [4.69, 9.17) is 15.2 Å². The number of anilines is 1. The quantitative estimate of drug-likeness (QED) is 0.715. The van der Waals surface area contributed by atoms with Gasteiger partial charge in [0.2, 0.25) is 0 Å². The molecule has 0 saturated carbocycles. The zero-order valence-corrected chi connectivity index (χ0v) is 10.8. The van der Waals surface area contributed by atoms with E-state index < -0.39 is 0 Å². The van der Waals surface area contributed by atoms with E-state index in [2.05, 4.69) is 5.32 Å². The lowest BCUT2D eigenvalue weighted by atomic mass is 10.3. The molecule has 1 atom stereocenters. The Labute approximate surface area is 107 Å². The molecule has 1 amide bonds. The van der Waals surface area contributed by atoms with Crippen molar-refractivity contribution in [1.82, 2.24) is 5.32 Å². The highest BCUT2D eigenvalue weighted by atomic mass is 16.5. The van der Waals surface area contributed by atoms with Crippen LogP contribution >= 0.6 is 0 Å². The minimum Gasteiger partial charge on any atom is -0.482 e. The van der Waals surface area contributed by atoms with Crippen LogP contribution in [0.4, 0.5) is 5.69 Å². The van der Waals surface area contributed by atoms with Crippen LogP contribution in [-0.2, 0) is 9.53 Å². The van der Waals surface area contributed by atoms with Gasteiger partial charge >= 0.3 is 0 Å². The van der Waals surface area contributed by atoms with Crippen molar-refractivity contribution >= 4 is 11.6 Å². The number of nitrogen functional groups attached to an aromatic ring is 1. The van der Waals surface area contributed by atoms with Gasteiger partial charge in [0.1, 0.15) is 5.75 Å². The molecule has 100 valence electrons. The number of amides is 1. The first-order chi connectivity index (χ1) is 8.63. The summed E-state index contributed by atoms with van der Waals surface area (Å²) in [6.45, 7) is 4.88. The molecule has 1 aromatic carbocycles. The van der Waals surface area contributed by atoms with Crippen LogP contribution in [0.1, 0.15) is 13.8 Å². The smallest absolute Gasteiger partial charge is 0.258 e. The lowest BCUT2D eigenvalue weighted by Crippen LogP contribution is -2.35. The predicted molar refractivity (Wildman–Crippen MR) is 70.4 cm³/mol. The number of carbonyl (C=O) groups is 1. The number of rotatable bonds is 7. The van der Waals surface area contributed by atoms with Crippen molar-refractivity contribution in [3.63, 3.8) is 0 Å². The Bertz CT molecular complexity index is 382. The number of hydrogen-bond donors (Lipinski definition) is 2. The molecule has 1 rings (SSSR count). The molecule has 0 aliphatic heterocycles. The summed E-state index contributed by atoms with van der Waals surface area (Å²) in [6, 6.07) is 7.07. The van der Waals surface area contributed by atoms with Crippen molar-refractivity contribution in [3.8, 4) is 5.75 Å². The molecular weight excluding hydrogens is 232 g/mol. The summed E-state index contributed by atoms with van der Waals surface area (Å²) in [5, 5.41) is 2.73. The number of para-hydroxylation sites is 2. The number of ether oxygens (including phenoxy) is 2. The fourth-order valence-electron chi connectivity index (χ4n) is 1.41. The second-order valence-electron chi connectivity index (χ2n) is 3.90. The van der Waals surface area contributed by atoms with Crippen molar-refractivity contribution in [2.45, 2.75) is 20.0 Å². The summed E-state index contributed by atoms with van der Waals surface area (Å²) < 4.78 is 10.6.